The second-order valence-electron chi connectivity index (χ2n) is 6.57. The minimum absolute atomic E-state index is 0.194. The summed E-state index contributed by atoms with van der Waals surface area (Å²) in [6.45, 7) is 0.912. The largest absolute Gasteiger partial charge is 0.497 e. The Morgan fingerprint density at radius 2 is 1.96 bits per heavy atom. The summed E-state index contributed by atoms with van der Waals surface area (Å²) >= 11 is 0. The van der Waals surface area contributed by atoms with E-state index in [1.54, 1.807) is 17.9 Å². The molecule has 7 nitrogen and oxygen atoms in total. The summed E-state index contributed by atoms with van der Waals surface area (Å²) in [4.78, 5) is 29.1. The van der Waals surface area contributed by atoms with Crippen molar-refractivity contribution in [1.82, 2.24) is 20.2 Å². The van der Waals surface area contributed by atoms with Crippen molar-refractivity contribution in [2.45, 2.75) is 19.1 Å². The molecular weight excluding hydrogens is 356 g/mol. The summed E-state index contributed by atoms with van der Waals surface area (Å²) in [7, 11) is 1.61. The first-order valence-corrected chi connectivity index (χ1v) is 8.98. The molecule has 1 aliphatic heterocycles. The Balaban J connectivity index is 1.48. The van der Waals surface area contributed by atoms with Crippen molar-refractivity contribution in [2.24, 2.45) is 0 Å². The van der Waals surface area contributed by atoms with Crippen LogP contribution in [0.25, 0.3) is 0 Å². The molecule has 0 bridgehead atoms. The van der Waals surface area contributed by atoms with Gasteiger partial charge in [-0.25, -0.2) is 4.98 Å². The SMILES string of the molecule is COc1ccc(C2Cn3cc(C(=O)NCc4ccccc4)nc3C(=O)N2)cc1. The molecule has 2 N–H and O–H groups in total. The zero-order valence-electron chi connectivity index (χ0n) is 15.4. The Morgan fingerprint density at radius 1 is 1.21 bits per heavy atom. The number of fused-ring (bicyclic) bond motifs is 1. The quantitative estimate of drug-likeness (QED) is 0.716. The van der Waals surface area contributed by atoms with Crippen LogP contribution in [-0.2, 0) is 13.1 Å². The summed E-state index contributed by atoms with van der Waals surface area (Å²) in [6, 6.07) is 17.0. The molecule has 1 unspecified atom stereocenters. The lowest BCUT2D eigenvalue weighted by atomic mass is 10.1. The summed E-state index contributed by atoms with van der Waals surface area (Å²) < 4.78 is 6.90. The number of imidazole rings is 1. The predicted molar refractivity (Wildman–Crippen MR) is 103 cm³/mol. The molecule has 2 heterocycles. The lowest BCUT2D eigenvalue weighted by Crippen LogP contribution is -2.38. The zero-order valence-corrected chi connectivity index (χ0v) is 15.4. The number of benzene rings is 2. The van der Waals surface area contributed by atoms with E-state index in [4.69, 9.17) is 4.74 Å². The van der Waals surface area contributed by atoms with Crippen molar-refractivity contribution in [1.29, 1.82) is 0 Å². The van der Waals surface area contributed by atoms with Gasteiger partial charge in [0.1, 0.15) is 11.4 Å². The molecule has 1 aliphatic rings. The van der Waals surface area contributed by atoms with Crippen LogP contribution in [0.4, 0.5) is 0 Å². The Labute approximate surface area is 162 Å². The molecule has 0 spiro atoms. The fourth-order valence-electron chi connectivity index (χ4n) is 3.20. The van der Waals surface area contributed by atoms with Crippen LogP contribution >= 0.6 is 0 Å². The van der Waals surface area contributed by atoms with E-state index >= 15 is 0 Å². The van der Waals surface area contributed by atoms with Gasteiger partial charge in [-0.05, 0) is 23.3 Å². The number of aromatic nitrogens is 2. The third kappa shape index (κ3) is 3.59. The number of amides is 2. The van der Waals surface area contributed by atoms with Crippen molar-refractivity contribution in [3.05, 3.63) is 83.4 Å². The average molecular weight is 376 g/mol. The first-order chi connectivity index (χ1) is 13.6. The molecule has 0 saturated heterocycles. The zero-order chi connectivity index (χ0) is 19.5. The maximum absolute atomic E-state index is 12.5. The molecule has 142 valence electrons. The van der Waals surface area contributed by atoms with E-state index in [-0.39, 0.29) is 29.4 Å². The Morgan fingerprint density at radius 3 is 2.68 bits per heavy atom. The van der Waals surface area contributed by atoms with Gasteiger partial charge in [0.15, 0.2) is 5.82 Å². The van der Waals surface area contributed by atoms with E-state index in [1.807, 2.05) is 54.6 Å². The number of nitrogens with zero attached hydrogens (tertiary/aromatic N) is 2. The van der Waals surface area contributed by atoms with Crippen LogP contribution in [0.5, 0.6) is 5.75 Å². The first kappa shape index (κ1) is 17.8. The van der Waals surface area contributed by atoms with E-state index in [0.29, 0.717) is 13.1 Å². The van der Waals surface area contributed by atoms with E-state index in [9.17, 15) is 9.59 Å². The van der Waals surface area contributed by atoms with Crippen molar-refractivity contribution >= 4 is 11.8 Å². The van der Waals surface area contributed by atoms with Crippen molar-refractivity contribution in [3.63, 3.8) is 0 Å². The molecule has 28 heavy (non-hydrogen) atoms. The van der Waals surface area contributed by atoms with Crippen LogP contribution in [-0.4, -0.2) is 28.5 Å². The number of methoxy groups -OCH3 is 1. The molecule has 0 saturated carbocycles. The molecule has 2 aromatic carbocycles. The minimum Gasteiger partial charge on any atom is -0.497 e. The van der Waals surface area contributed by atoms with E-state index in [1.165, 1.54) is 0 Å². The van der Waals surface area contributed by atoms with Gasteiger partial charge in [-0.15, -0.1) is 0 Å². The number of ether oxygens (including phenoxy) is 1. The monoisotopic (exact) mass is 376 g/mol. The number of nitrogens with one attached hydrogen (secondary N) is 2. The lowest BCUT2D eigenvalue weighted by molar-refractivity contribution is 0.0894. The highest BCUT2D eigenvalue weighted by molar-refractivity contribution is 5.96. The molecule has 3 aromatic rings. The molecular formula is C21H20N4O3. The molecule has 0 aliphatic carbocycles. The molecule has 1 aromatic heterocycles. The Kier molecular flexibility index (Phi) is 4.80. The second-order valence-corrected chi connectivity index (χ2v) is 6.57. The van der Waals surface area contributed by atoms with Gasteiger partial charge in [-0.2, -0.15) is 0 Å². The summed E-state index contributed by atoms with van der Waals surface area (Å²) in [5, 5.41) is 5.78. The van der Waals surface area contributed by atoms with Crippen LogP contribution in [0.15, 0.2) is 60.8 Å². The van der Waals surface area contributed by atoms with Gasteiger partial charge in [-0.1, -0.05) is 42.5 Å². The normalized spacial score (nSPS) is 15.5. The summed E-state index contributed by atoms with van der Waals surface area (Å²) in [5.74, 6) is 0.398. The van der Waals surface area contributed by atoms with Crippen LogP contribution in [0.1, 0.15) is 38.3 Å². The first-order valence-electron chi connectivity index (χ1n) is 8.98. The second kappa shape index (κ2) is 7.56. The standard InChI is InChI=1S/C21H20N4O3/c1-28-16-9-7-15(8-10-16)17-12-25-13-18(23-19(25)21(27)24-17)20(26)22-11-14-5-3-2-4-6-14/h2-10,13,17H,11-12H2,1H3,(H,22,26)(H,24,27). The molecule has 1 atom stereocenters. The Hall–Kier alpha value is -3.61. The fourth-order valence-corrected chi connectivity index (χ4v) is 3.20. The number of carbonyl (C=O) groups excluding carboxylic acids is 2. The van der Waals surface area contributed by atoms with Crippen molar-refractivity contribution < 1.29 is 14.3 Å². The highest BCUT2D eigenvalue weighted by Crippen LogP contribution is 2.23. The number of hydrogen-bond acceptors (Lipinski definition) is 4. The minimum atomic E-state index is -0.306. The maximum Gasteiger partial charge on any atom is 0.287 e. The maximum atomic E-state index is 12.5. The van der Waals surface area contributed by atoms with Gasteiger partial charge in [0.05, 0.1) is 13.2 Å². The average Bonchev–Trinajstić information content (AvgIpc) is 3.18. The fraction of sp³-hybridized carbons (Fsp3) is 0.190. The van der Waals surface area contributed by atoms with Crippen LogP contribution in [0.2, 0.25) is 0 Å². The highest BCUT2D eigenvalue weighted by atomic mass is 16.5. The summed E-state index contributed by atoms with van der Waals surface area (Å²) in [6.07, 6.45) is 1.63. The highest BCUT2D eigenvalue weighted by Gasteiger charge is 2.28. The van der Waals surface area contributed by atoms with Gasteiger partial charge < -0.3 is 19.9 Å². The molecule has 0 radical (unpaired) electrons. The van der Waals surface area contributed by atoms with Crippen LogP contribution < -0.4 is 15.4 Å². The number of rotatable bonds is 5. The predicted octanol–water partition coefficient (Wildman–Crippen LogP) is 2.31. The van der Waals surface area contributed by atoms with Gasteiger partial charge in [0, 0.05) is 19.3 Å². The molecule has 2 amide bonds. The van der Waals surface area contributed by atoms with Crippen molar-refractivity contribution in [3.8, 4) is 5.75 Å². The summed E-state index contributed by atoms with van der Waals surface area (Å²) in [5.41, 5.74) is 2.19. The third-order valence-corrected chi connectivity index (χ3v) is 4.71. The van der Waals surface area contributed by atoms with Gasteiger partial charge in [-0.3, -0.25) is 9.59 Å². The smallest absolute Gasteiger partial charge is 0.287 e. The van der Waals surface area contributed by atoms with Crippen molar-refractivity contribution in [2.75, 3.05) is 7.11 Å². The van der Waals surface area contributed by atoms with E-state index in [2.05, 4.69) is 15.6 Å². The Bertz CT molecular complexity index is 996. The van der Waals surface area contributed by atoms with Crippen LogP contribution in [0.3, 0.4) is 0 Å². The van der Waals surface area contributed by atoms with Gasteiger partial charge in [0.2, 0.25) is 0 Å². The van der Waals surface area contributed by atoms with E-state index in [0.717, 1.165) is 16.9 Å². The van der Waals surface area contributed by atoms with Gasteiger partial charge in [0.25, 0.3) is 11.8 Å². The topological polar surface area (TPSA) is 85.2 Å². The molecule has 4 rings (SSSR count). The number of hydrogen-bond donors (Lipinski definition) is 2. The van der Waals surface area contributed by atoms with Gasteiger partial charge >= 0.3 is 0 Å². The van der Waals surface area contributed by atoms with Crippen LogP contribution in [0, 0.1) is 0 Å². The lowest BCUT2D eigenvalue weighted by Gasteiger charge is -2.25. The van der Waals surface area contributed by atoms with E-state index < -0.39 is 0 Å². The molecule has 0 fully saturated rings. The molecule has 7 heteroatoms. The third-order valence-electron chi connectivity index (χ3n) is 4.71. The number of carbonyl (C=O) groups is 2.